The van der Waals surface area contributed by atoms with E-state index in [2.05, 4.69) is 10.3 Å². The van der Waals surface area contributed by atoms with Crippen LogP contribution in [0.25, 0.3) is 11.1 Å². The maximum Gasteiger partial charge on any atom is 0.287 e. The first kappa shape index (κ1) is 20.3. The lowest BCUT2D eigenvalue weighted by Crippen LogP contribution is -2.55. The van der Waals surface area contributed by atoms with E-state index in [1.54, 1.807) is 6.07 Å². The lowest BCUT2D eigenvalue weighted by atomic mass is 9.50. The highest BCUT2D eigenvalue weighted by atomic mass is 35.5. The molecule has 3 fully saturated rings. The van der Waals surface area contributed by atoms with Gasteiger partial charge in [0.25, 0.3) is 5.91 Å². The first-order chi connectivity index (χ1) is 15.3. The topological polar surface area (TPSA) is 109 Å². The van der Waals surface area contributed by atoms with Crippen LogP contribution in [0.3, 0.4) is 0 Å². The molecule has 2 aromatic heterocycles. The van der Waals surface area contributed by atoms with Gasteiger partial charge in [0.1, 0.15) is 15.2 Å². The van der Waals surface area contributed by atoms with Crippen LogP contribution in [0.15, 0.2) is 44.3 Å². The van der Waals surface area contributed by atoms with Gasteiger partial charge in [-0.3, -0.25) is 4.79 Å². The van der Waals surface area contributed by atoms with Gasteiger partial charge in [0.15, 0.2) is 22.3 Å². The minimum atomic E-state index is -2.96. The Morgan fingerprint density at radius 1 is 1.19 bits per heavy atom. The van der Waals surface area contributed by atoms with Crippen molar-refractivity contribution in [3.63, 3.8) is 0 Å². The molecule has 2 N–H and O–H groups in total. The number of furan rings is 1. The molecule has 6 rings (SSSR count). The van der Waals surface area contributed by atoms with Gasteiger partial charge in [0, 0.05) is 22.7 Å². The molecule has 0 unspecified atom stereocenters. The minimum Gasteiger partial charge on any atom is -0.441 e. The lowest BCUT2D eigenvalue weighted by molar-refractivity contribution is -0.0256. The van der Waals surface area contributed by atoms with E-state index in [9.17, 15) is 9.00 Å². The molecule has 1 aromatic carbocycles. The van der Waals surface area contributed by atoms with E-state index in [1.807, 2.05) is 12.1 Å². The number of nitrogens with zero attached hydrogens (tertiary/aromatic N) is 1. The number of oxazole rings is 1. The van der Waals surface area contributed by atoms with Crippen molar-refractivity contribution in [3.05, 3.63) is 47.0 Å². The van der Waals surface area contributed by atoms with Crippen LogP contribution in [0.5, 0.6) is 0 Å². The summed E-state index contributed by atoms with van der Waals surface area (Å²) in [5.74, 6) is 1.59. The summed E-state index contributed by atoms with van der Waals surface area (Å²) in [5.41, 5.74) is 1.80. The standard InChI is InChI=1S/C23H24ClN3O4S/c24-15-3-4-18-17(7-15)27-22(31-18)14-8-23(9-14)10-16(11-23)26-21(28)19-5-6-20(30-19)32(25,29)12-13-1-2-13/h3-7,13-14,16,25H,1-2,8-12H2,(H,26,28)/t14?,16?,23?,32-/m0/s1. The van der Waals surface area contributed by atoms with Gasteiger partial charge in [0.2, 0.25) is 0 Å². The largest absolute Gasteiger partial charge is 0.441 e. The summed E-state index contributed by atoms with van der Waals surface area (Å²) in [5, 5.41) is 3.78. The van der Waals surface area contributed by atoms with E-state index >= 15 is 0 Å². The molecular weight excluding hydrogens is 450 g/mol. The SMILES string of the molecule is N=[S@](=O)(CC1CC1)c1ccc(C(=O)NC2CC3(C2)CC(c2nc4cc(Cl)ccc4o2)C3)o1. The molecule has 7 nitrogen and oxygen atoms in total. The molecule has 3 aromatic rings. The van der Waals surface area contributed by atoms with Crippen LogP contribution >= 0.6 is 11.6 Å². The molecule has 2 heterocycles. The molecule has 168 valence electrons. The second kappa shape index (κ2) is 7.09. The summed E-state index contributed by atoms with van der Waals surface area (Å²) in [4.78, 5) is 17.2. The number of hydrogen-bond acceptors (Lipinski definition) is 6. The fraction of sp³-hybridized carbons (Fsp3) is 0.478. The number of carbonyl (C=O) groups excluding carboxylic acids is 1. The molecule has 1 amide bonds. The summed E-state index contributed by atoms with van der Waals surface area (Å²) < 4.78 is 32.0. The molecule has 0 bridgehead atoms. The number of rotatable bonds is 6. The summed E-state index contributed by atoms with van der Waals surface area (Å²) in [6.07, 6.45) is 5.90. The molecule has 1 atom stereocenters. The Balaban J connectivity index is 1.03. The van der Waals surface area contributed by atoms with E-state index in [0.717, 1.165) is 55.5 Å². The third-order valence-corrected chi connectivity index (χ3v) is 9.11. The predicted molar refractivity (Wildman–Crippen MR) is 119 cm³/mol. The Hall–Kier alpha value is -2.32. The van der Waals surface area contributed by atoms with Crippen LogP contribution < -0.4 is 5.32 Å². The Morgan fingerprint density at radius 2 is 1.97 bits per heavy atom. The van der Waals surface area contributed by atoms with Gasteiger partial charge in [0.05, 0.1) is 0 Å². The fourth-order valence-corrected chi connectivity index (χ4v) is 7.09. The predicted octanol–water partition coefficient (Wildman–Crippen LogP) is 5.35. The van der Waals surface area contributed by atoms with Crippen molar-refractivity contribution in [3.8, 4) is 0 Å². The van der Waals surface area contributed by atoms with E-state index in [1.165, 1.54) is 12.1 Å². The normalized spacial score (nSPS) is 28.8. The number of fused-ring (bicyclic) bond motifs is 1. The van der Waals surface area contributed by atoms with E-state index in [-0.39, 0.29) is 28.2 Å². The maximum atomic E-state index is 12.6. The van der Waals surface area contributed by atoms with Crippen LogP contribution in [0, 0.1) is 16.1 Å². The lowest BCUT2D eigenvalue weighted by Gasteiger charge is -2.57. The second-order valence-corrected chi connectivity index (χ2v) is 12.3. The van der Waals surface area contributed by atoms with Crippen molar-refractivity contribution in [2.75, 3.05) is 5.75 Å². The molecule has 32 heavy (non-hydrogen) atoms. The van der Waals surface area contributed by atoms with Crippen molar-refractivity contribution in [2.24, 2.45) is 11.3 Å². The highest BCUT2D eigenvalue weighted by Gasteiger charge is 2.54. The molecule has 1 spiro atoms. The third-order valence-electron chi connectivity index (χ3n) is 7.07. The van der Waals surface area contributed by atoms with Gasteiger partial charge in [-0.1, -0.05) is 11.6 Å². The van der Waals surface area contributed by atoms with Gasteiger partial charge < -0.3 is 14.2 Å². The zero-order valence-electron chi connectivity index (χ0n) is 17.4. The van der Waals surface area contributed by atoms with Crippen LogP contribution in [-0.4, -0.2) is 26.9 Å². The zero-order chi connectivity index (χ0) is 22.1. The quantitative estimate of drug-likeness (QED) is 0.501. The van der Waals surface area contributed by atoms with E-state index in [4.69, 9.17) is 25.2 Å². The van der Waals surface area contributed by atoms with Crippen LogP contribution in [-0.2, 0) is 9.73 Å². The molecule has 3 aliphatic carbocycles. The summed E-state index contributed by atoms with van der Waals surface area (Å²) in [6, 6.07) is 8.61. The molecular formula is C23H24ClN3O4S. The van der Waals surface area contributed by atoms with Gasteiger partial charge in [-0.25, -0.2) is 14.0 Å². The molecule has 3 saturated carbocycles. The van der Waals surface area contributed by atoms with Gasteiger partial charge in [-0.15, -0.1) is 0 Å². The number of amides is 1. The fourth-order valence-electron chi connectivity index (χ4n) is 5.25. The number of aromatic nitrogens is 1. The van der Waals surface area contributed by atoms with Crippen molar-refractivity contribution in [1.29, 1.82) is 4.78 Å². The molecule has 9 heteroatoms. The Bertz CT molecular complexity index is 1310. The van der Waals surface area contributed by atoms with Gasteiger partial charge in [-0.2, -0.15) is 0 Å². The summed E-state index contributed by atoms with van der Waals surface area (Å²) in [6.45, 7) is 0. The number of nitrogens with one attached hydrogen (secondary N) is 2. The smallest absolute Gasteiger partial charge is 0.287 e. The van der Waals surface area contributed by atoms with Crippen LogP contribution in [0.2, 0.25) is 5.02 Å². The monoisotopic (exact) mass is 473 g/mol. The molecule has 0 saturated heterocycles. The highest BCUT2D eigenvalue weighted by Crippen LogP contribution is 2.61. The Morgan fingerprint density at radius 3 is 2.72 bits per heavy atom. The first-order valence-corrected chi connectivity index (χ1v) is 13.1. The molecule has 3 aliphatic rings. The third kappa shape index (κ3) is 3.63. The van der Waals surface area contributed by atoms with Crippen LogP contribution in [0.1, 0.15) is 60.9 Å². The zero-order valence-corrected chi connectivity index (χ0v) is 19.0. The number of benzene rings is 1. The average molecular weight is 474 g/mol. The van der Waals surface area contributed by atoms with Gasteiger partial charge in [-0.05, 0) is 80.2 Å². The molecule has 0 radical (unpaired) electrons. The maximum absolute atomic E-state index is 12.6. The number of hydrogen-bond donors (Lipinski definition) is 2. The Kier molecular flexibility index (Phi) is 4.50. The van der Waals surface area contributed by atoms with Gasteiger partial charge >= 0.3 is 0 Å². The average Bonchev–Trinajstić information content (AvgIpc) is 3.18. The number of halogens is 1. The van der Waals surface area contributed by atoms with Crippen molar-refractivity contribution >= 4 is 38.3 Å². The van der Waals surface area contributed by atoms with Crippen molar-refractivity contribution in [2.45, 2.75) is 55.6 Å². The summed E-state index contributed by atoms with van der Waals surface area (Å²) in [7, 11) is -2.96. The second-order valence-electron chi connectivity index (χ2n) is 9.75. The van der Waals surface area contributed by atoms with E-state index in [0.29, 0.717) is 22.6 Å². The van der Waals surface area contributed by atoms with Crippen molar-refractivity contribution < 1.29 is 17.8 Å². The highest BCUT2D eigenvalue weighted by molar-refractivity contribution is 7.92. The first-order valence-electron chi connectivity index (χ1n) is 11.0. The Labute approximate surface area is 190 Å². The number of carbonyl (C=O) groups is 1. The van der Waals surface area contributed by atoms with Crippen LogP contribution in [0.4, 0.5) is 0 Å². The summed E-state index contributed by atoms with van der Waals surface area (Å²) >= 11 is 6.03. The minimum absolute atomic E-state index is 0.103. The van der Waals surface area contributed by atoms with E-state index < -0.39 is 9.73 Å². The van der Waals surface area contributed by atoms with Crippen molar-refractivity contribution in [1.82, 2.24) is 10.3 Å². The molecule has 0 aliphatic heterocycles.